The summed E-state index contributed by atoms with van der Waals surface area (Å²) >= 11 is 6.51. The van der Waals surface area contributed by atoms with Crippen molar-refractivity contribution in [2.45, 2.75) is 37.8 Å². The maximum atomic E-state index is 13.1. The molecule has 1 fully saturated rings. The number of alkyl halides is 6. The summed E-state index contributed by atoms with van der Waals surface area (Å²) in [6, 6.07) is 3.13. The Labute approximate surface area is 252 Å². The Morgan fingerprint density at radius 1 is 1.16 bits per heavy atom. The van der Waals surface area contributed by atoms with Gasteiger partial charge in [-0.15, -0.1) is 5.10 Å². The number of carbonyl (C=O) groups is 3. The molecule has 0 aliphatic carbocycles. The number of nitrogen functional groups attached to an aromatic ring is 1. The highest BCUT2D eigenvalue weighted by Crippen LogP contribution is 2.39. The number of rotatable bonds is 4. The molecular formula is C24H23ClF6N8O6. The lowest BCUT2D eigenvalue weighted by molar-refractivity contribution is -0.193. The number of aliphatic hydroxyl groups excluding tert-OH is 1. The van der Waals surface area contributed by atoms with Crippen LogP contribution in [-0.2, 0) is 9.59 Å². The number of β-amino-alcohol motifs (C(OH)–C–C–N with tert-alkyl or cyclic N) is 1. The van der Waals surface area contributed by atoms with Crippen molar-refractivity contribution in [1.29, 1.82) is 0 Å². The van der Waals surface area contributed by atoms with Gasteiger partial charge in [0.25, 0.3) is 5.91 Å². The number of benzene rings is 1. The monoisotopic (exact) mass is 668 g/mol. The van der Waals surface area contributed by atoms with E-state index in [-0.39, 0.29) is 17.3 Å². The lowest BCUT2D eigenvalue weighted by Gasteiger charge is -2.26. The molecule has 2 atom stereocenters. The van der Waals surface area contributed by atoms with Crippen molar-refractivity contribution in [2.75, 3.05) is 23.7 Å². The Morgan fingerprint density at radius 3 is 2.29 bits per heavy atom. The zero-order valence-corrected chi connectivity index (χ0v) is 23.4. The Kier molecular flexibility index (Phi) is 10.3. The molecule has 1 aliphatic heterocycles. The van der Waals surface area contributed by atoms with Crippen LogP contribution in [0, 0.1) is 0 Å². The summed E-state index contributed by atoms with van der Waals surface area (Å²) in [5.41, 5.74) is 9.05. The lowest BCUT2D eigenvalue weighted by atomic mass is 10.0. The number of hydrogen-bond acceptors (Lipinski definition) is 9. The van der Waals surface area contributed by atoms with E-state index in [0.29, 0.717) is 30.2 Å². The van der Waals surface area contributed by atoms with Gasteiger partial charge in [-0.3, -0.25) is 9.89 Å². The first-order chi connectivity index (χ1) is 20.8. The van der Waals surface area contributed by atoms with E-state index in [9.17, 15) is 36.2 Å². The van der Waals surface area contributed by atoms with Crippen LogP contribution >= 0.6 is 11.6 Å². The van der Waals surface area contributed by atoms with Gasteiger partial charge in [0, 0.05) is 36.4 Å². The topological polar surface area (TPSA) is 212 Å². The second-order valence-corrected chi connectivity index (χ2v) is 9.70. The minimum absolute atomic E-state index is 0.105. The minimum atomic E-state index is -5.08. The van der Waals surface area contributed by atoms with Gasteiger partial charge in [-0.2, -0.15) is 31.4 Å². The summed E-state index contributed by atoms with van der Waals surface area (Å²) < 4.78 is 64.9. The van der Waals surface area contributed by atoms with Crippen molar-refractivity contribution >= 4 is 57.5 Å². The molecule has 2 unspecified atom stereocenters. The summed E-state index contributed by atoms with van der Waals surface area (Å²) in [6.07, 6.45) is -4.97. The highest BCUT2D eigenvalue weighted by atomic mass is 35.5. The summed E-state index contributed by atoms with van der Waals surface area (Å²) in [7, 11) is 0. The van der Waals surface area contributed by atoms with Crippen molar-refractivity contribution in [3.8, 4) is 0 Å². The van der Waals surface area contributed by atoms with E-state index in [1.165, 1.54) is 4.52 Å². The Hall–Kier alpha value is -4.85. The Balaban J connectivity index is 0.000000331. The second-order valence-electron chi connectivity index (χ2n) is 9.29. The predicted octanol–water partition coefficient (Wildman–Crippen LogP) is 3.17. The molecule has 1 saturated heterocycles. The smallest absolute Gasteiger partial charge is 0.475 e. The number of aromatic nitrogens is 5. The van der Waals surface area contributed by atoms with Crippen molar-refractivity contribution in [3.63, 3.8) is 0 Å². The van der Waals surface area contributed by atoms with Gasteiger partial charge in [0.15, 0.2) is 11.5 Å². The number of fused-ring (bicyclic) bond motifs is 2. The molecule has 4 heterocycles. The SMILES string of the molecule is CC(NC(=O)c1c(N)nn2cccnc12)c1cc(Cl)c2cn[nH]c2c1N1CCC(O)C1.O=C(O)C(F)(F)F.O=C(O)C(F)(F)F. The molecule has 4 aromatic rings. The number of nitrogens with zero attached hydrogens (tertiary/aromatic N) is 5. The third-order valence-corrected chi connectivity index (χ3v) is 6.43. The number of hydrogen-bond donors (Lipinski definition) is 6. The third-order valence-electron chi connectivity index (χ3n) is 6.12. The lowest BCUT2D eigenvalue weighted by Crippen LogP contribution is -2.30. The third kappa shape index (κ3) is 8.20. The molecule has 7 N–H and O–H groups in total. The van der Waals surface area contributed by atoms with Gasteiger partial charge in [-0.1, -0.05) is 11.6 Å². The molecule has 21 heteroatoms. The first-order valence-electron chi connectivity index (χ1n) is 12.4. The number of H-pyrrole nitrogens is 1. The fourth-order valence-corrected chi connectivity index (χ4v) is 4.42. The first-order valence-corrected chi connectivity index (χ1v) is 12.8. The number of halogens is 7. The van der Waals surface area contributed by atoms with Crippen LogP contribution in [0.2, 0.25) is 5.02 Å². The van der Waals surface area contributed by atoms with E-state index in [1.807, 2.05) is 13.0 Å². The number of aliphatic carboxylic acids is 2. The van der Waals surface area contributed by atoms with Gasteiger partial charge in [0.05, 0.1) is 34.6 Å². The highest BCUT2D eigenvalue weighted by molar-refractivity contribution is 6.36. The predicted molar refractivity (Wildman–Crippen MR) is 145 cm³/mol. The fourth-order valence-electron chi connectivity index (χ4n) is 4.16. The number of carbonyl (C=O) groups excluding carboxylic acids is 1. The first kappa shape index (κ1) is 34.6. The number of aliphatic hydroxyl groups is 1. The second kappa shape index (κ2) is 13.4. The van der Waals surface area contributed by atoms with Crippen molar-refractivity contribution < 1.29 is 56.0 Å². The van der Waals surface area contributed by atoms with Crippen LogP contribution in [-0.4, -0.2) is 89.5 Å². The van der Waals surface area contributed by atoms with Crippen molar-refractivity contribution in [3.05, 3.63) is 46.9 Å². The molecule has 0 saturated carbocycles. The van der Waals surface area contributed by atoms with E-state index < -0.39 is 36.4 Å². The van der Waals surface area contributed by atoms with E-state index in [2.05, 4.69) is 30.5 Å². The quantitative estimate of drug-likeness (QED) is 0.174. The highest BCUT2D eigenvalue weighted by Gasteiger charge is 2.39. The fraction of sp³-hybridized carbons (Fsp3) is 0.333. The summed E-state index contributed by atoms with van der Waals surface area (Å²) in [4.78, 5) is 37.2. The Morgan fingerprint density at radius 2 is 1.76 bits per heavy atom. The van der Waals surface area contributed by atoms with E-state index in [1.54, 1.807) is 24.7 Å². The van der Waals surface area contributed by atoms with Gasteiger partial charge in [-0.05, 0) is 25.5 Å². The average Bonchev–Trinajstić information content (AvgIpc) is 3.66. The molecule has 45 heavy (non-hydrogen) atoms. The van der Waals surface area contributed by atoms with Gasteiger partial charge in [0.1, 0.15) is 5.56 Å². The van der Waals surface area contributed by atoms with Crippen LogP contribution in [0.1, 0.15) is 35.3 Å². The number of amides is 1. The van der Waals surface area contributed by atoms with Crippen LogP contribution in [0.25, 0.3) is 16.6 Å². The van der Waals surface area contributed by atoms with Gasteiger partial charge < -0.3 is 31.3 Å². The zero-order valence-electron chi connectivity index (χ0n) is 22.7. The Bertz CT molecular complexity index is 1690. The number of nitrogens with two attached hydrogens (primary N) is 1. The van der Waals surface area contributed by atoms with E-state index >= 15 is 0 Å². The number of anilines is 2. The molecule has 244 valence electrons. The molecule has 1 aliphatic rings. The van der Waals surface area contributed by atoms with Crippen LogP contribution < -0.4 is 16.0 Å². The molecular weight excluding hydrogens is 646 g/mol. The van der Waals surface area contributed by atoms with Gasteiger partial charge in [0.2, 0.25) is 0 Å². The molecule has 0 spiro atoms. The average molecular weight is 669 g/mol. The standard InChI is InChI=1S/C20H21ClN8O2.2C2HF3O2/c1-10(25-20(31)15-18(22)27-29-5-2-4-23-19(15)29)12-7-14(21)13-8-24-26-16(13)17(12)28-6-3-11(30)9-28;2*3-2(4,5)1(6)7/h2,4-5,7-8,10-11,30H,3,6,9H2,1H3,(H2,22,27)(H,24,26)(H,25,31);2*(H,6,7). The van der Waals surface area contributed by atoms with Crippen LogP contribution in [0.15, 0.2) is 30.7 Å². The van der Waals surface area contributed by atoms with Crippen molar-refractivity contribution in [2.24, 2.45) is 0 Å². The number of carboxylic acid groups (broad SMARTS) is 2. The van der Waals surface area contributed by atoms with Crippen LogP contribution in [0.5, 0.6) is 0 Å². The van der Waals surface area contributed by atoms with Crippen LogP contribution in [0.3, 0.4) is 0 Å². The molecule has 1 amide bonds. The van der Waals surface area contributed by atoms with Gasteiger partial charge >= 0.3 is 24.3 Å². The molecule has 1 aromatic carbocycles. The summed E-state index contributed by atoms with van der Waals surface area (Å²) in [5.74, 6) is -5.79. The minimum Gasteiger partial charge on any atom is -0.475 e. The largest absolute Gasteiger partial charge is 0.490 e. The number of nitrogens with one attached hydrogen (secondary N) is 2. The molecule has 14 nitrogen and oxygen atoms in total. The molecule has 3 aromatic heterocycles. The van der Waals surface area contributed by atoms with Crippen molar-refractivity contribution in [1.82, 2.24) is 30.1 Å². The normalized spacial score (nSPS) is 15.6. The van der Waals surface area contributed by atoms with Crippen LogP contribution in [0.4, 0.5) is 37.8 Å². The maximum Gasteiger partial charge on any atom is 0.490 e. The molecule has 0 radical (unpaired) electrons. The summed E-state index contributed by atoms with van der Waals surface area (Å²) in [5, 5.41) is 39.9. The van der Waals surface area contributed by atoms with Gasteiger partial charge in [-0.25, -0.2) is 19.1 Å². The molecule has 5 rings (SSSR count). The maximum absolute atomic E-state index is 13.1. The molecule has 0 bridgehead atoms. The number of carboxylic acids is 2. The van der Waals surface area contributed by atoms with E-state index in [4.69, 9.17) is 37.1 Å². The number of aromatic amines is 1. The summed E-state index contributed by atoms with van der Waals surface area (Å²) in [6.45, 7) is 3.06. The van der Waals surface area contributed by atoms with E-state index in [0.717, 1.165) is 22.2 Å². The zero-order chi connectivity index (χ0) is 33.9.